The maximum absolute atomic E-state index is 11.3. The molecule has 2 fully saturated rings. The first-order chi connectivity index (χ1) is 12.0. The number of aliphatic hydroxyl groups excluding tert-OH is 1. The average molecular weight is 335 g/mol. The number of aliphatic hydroxyl groups is 1. The number of hydrogen-bond acceptors (Lipinski definition) is 2. The molecule has 2 heteroatoms. The zero-order chi connectivity index (χ0) is 17.6. The molecule has 2 heterocycles. The largest absolute Gasteiger partial charge is 0.388 e. The molecule has 0 amide bonds. The Balaban J connectivity index is 1.71. The van der Waals surface area contributed by atoms with E-state index in [1.54, 1.807) is 0 Å². The number of aryl methyl sites for hydroxylation is 2. The molecule has 2 aromatic carbocycles. The minimum atomic E-state index is -0.404. The van der Waals surface area contributed by atoms with Crippen molar-refractivity contribution in [3.8, 4) is 0 Å². The summed E-state index contributed by atoms with van der Waals surface area (Å²) in [7, 11) is 2.25. The Hall–Kier alpha value is -1.64. The zero-order valence-corrected chi connectivity index (χ0v) is 15.5. The van der Waals surface area contributed by atoms with E-state index in [4.69, 9.17) is 0 Å². The van der Waals surface area contributed by atoms with Crippen molar-refractivity contribution in [3.05, 3.63) is 70.8 Å². The standard InChI is InChI=1S/C23H29NO/c1-15-4-8-17(9-5-15)20-14-19-12-13-21(24(19)3)22(20)23(25)18-10-6-16(2)7-11-18/h4-11,19-23,25H,12-14H2,1-3H3/t19-,20-,21-,22-,23+/m1/s1. The van der Waals surface area contributed by atoms with Crippen molar-refractivity contribution >= 4 is 0 Å². The summed E-state index contributed by atoms with van der Waals surface area (Å²) in [6, 6.07) is 18.6. The molecule has 4 rings (SSSR count). The maximum Gasteiger partial charge on any atom is 0.0839 e. The Kier molecular flexibility index (Phi) is 4.43. The molecule has 0 aliphatic carbocycles. The second-order valence-corrected chi connectivity index (χ2v) is 8.15. The van der Waals surface area contributed by atoms with Crippen LogP contribution >= 0.6 is 0 Å². The van der Waals surface area contributed by atoms with Gasteiger partial charge in [-0.1, -0.05) is 59.7 Å². The quantitative estimate of drug-likeness (QED) is 0.886. The fourth-order valence-electron chi connectivity index (χ4n) is 5.10. The third-order valence-electron chi connectivity index (χ3n) is 6.62. The van der Waals surface area contributed by atoms with Crippen LogP contribution in [0.1, 0.15) is 53.5 Å². The number of nitrogens with zero attached hydrogens (tertiary/aromatic N) is 1. The fraction of sp³-hybridized carbons (Fsp3) is 0.478. The van der Waals surface area contributed by atoms with Gasteiger partial charge in [-0.3, -0.25) is 0 Å². The Morgan fingerprint density at radius 1 is 0.920 bits per heavy atom. The Morgan fingerprint density at radius 2 is 1.52 bits per heavy atom. The molecule has 2 bridgehead atoms. The SMILES string of the molecule is Cc1ccc([C@H]2C[C@H]3CC[C@H]([C@@H]2[C@@H](O)c2ccc(C)cc2)N3C)cc1. The van der Waals surface area contributed by atoms with E-state index in [0.717, 1.165) is 12.0 Å². The highest BCUT2D eigenvalue weighted by Gasteiger charge is 2.48. The molecule has 2 nitrogen and oxygen atoms in total. The predicted octanol–water partition coefficient (Wildman–Crippen LogP) is 4.60. The molecule has 2 saturated heterocycles. The molecule has 132 valence electrons. The van der Waals surface area contributed by atoms with Gasteiger partial charge < -0.3 is 10.0 Å². The molecule has 5 atom stereocenters. The highest BCUT2D eigenvalue weighted by atomic mass is 16.3. The van der Waals surface area contributed by atoms with Gasteiger partial charge in [0.2, 0.25) is 0 Å². The van der Waals surface area contributed by atoms with Gasteiger partial charge in [0.25, 0.3) is 0 Å². The van der Waals surface area contributed by atoms with E-state index in [2.05, 4.69) is 74.3 Å². The number of rotatable bonds is 3. The topological polar surface area (TPSA) is 23.5 Å². The van der Waals surface area contributed by atoms with Crippen LogP contribution in [0.4, 0.5) is 0 Å². The summed E-state index contributed by atoms with van der Waals surface area (Å²) >= 11 is 0. The lowest BCUT2D eigenvalue weighted by Crippen LogP contribution is -2.47. The monoisotopic (exact) mass is 335 g/mol. The predicted molar refractivity (Wildman–Crippen MR) is 103 cm³/mol. The van der Waals surface area contributed by atoms with E-state index in [0.29, 0.717) is 18.0 Å². The van der Waals surface area contributed by atoms with Crippen LogP contribution in [-0.4, -0.2) is 29.1 Å². The second kappa shape index (κ2) is 6.59. The van der Waals surface area contributed by atoms with Gasteiger partial charge in [-0.2, -0.15) is 0 Å². The van der Waals surface area contributed by atoms with Gasteiger partial charge in [0.1, 0.15) is 0 Å². The smallest absolute Gasteiger partial charge is 0.0839 e. The van der Waals surface area contributed by atoms with Gasteiger partial charge in [0.05, 0.1) is 6.10 Å². The van der Waals surface area contributed by atoms with Gasteiger partial charge in [-0.15, -0.1) is 0 Å². The molecule has 2 aliphatic heterocycles. The second-order valence-electron chi connectivity index (χ2n) is 8.15. The lowest BCUT2D eigenvalue weighted by molar-refractivity contribution is 0.00309. The van der Waals surface area contributed by atoms with Crippen LogP contribution in [0.3, 0.4) is 0 Å². The van der Waals surface area contributed by atoms with E-state index in [1.807, 2.05) is 0 Å². The van der Waals surface area contributed by atoms with Crippen molar-refractivity contribution < 1.29 is 5.11 Å². The van der Waals surface area contributed by atoms with E-state index < -0.39 is 6.10 Å². The summed E-state index contributed by atoms with van der Waals surface area (Å²) in [5.74, 6) is 0.694. The van der Waals surface area contributed by atoms with Gasteiger partial charge >= 0.3 is 0 Å². The Labute approximate surface area is 151 Å². The summed E-state index contributed by atoms with van der Waals surface area (Å²) in [4.78, 5) is 2.53. The van der Waals surface area contributed by atoms with Crippen molar-refractivity contribution in [2.45, 2.75) is 57.2 Å². The van der Waals surface area contributed by atoms with Crippen LogP contribution in [0.5, 0.6) is 0 Å². The molecule has 0 unspecified atom stereocenters. The first kappa shape index (κ1) is 16.8. The van der Waals surface area contributed by atoms with Crippen molar-refractivity contribution in [1.29, 1.82) is 0 Å². The normalized spacial score (nSPS) is 30.4. The van der Waals surface area contributed by atoms with Crippen LogP contribution in [-0.2, 0) is 0 Å². The Bertz CT molecular complexity index is 721. The molecular formula is C23H29NO. The number of hydrogen-bond donors (Lipinski definition) is 1. The van der Waals surface area contributed by atoms with Crippen LogP contribution in [0.2, 0.25) is 0 Å². The lowest BCUT2D eigenvalue weighted by atomic mass is 9.72. The van der Waals surface area contributed by atoms with Gasteiger partial charge in [0, 0.05) is 18.0 Å². The summed E-state index contributed by atoms with van der Waals surface area (Å²) in [6.07, 6.45) is 3.22. The first-order valence-electron chi connectivity index (χ1n) is 9.57. The van der Waals surface area contributed by atoms with Gasteiger partial charge in [0.15, 0.2) is 0 Å². The van der Waals surface area contributed by atoms with Crippen LogP contribution in [0.15, 0.2) is 48.5 Å². The molecule has 0 aromatic heterocycles. The summed E-state index contributed by atoms with van der Waals surface area (Å²) in [5, 5.41) is 11.3. The summed E-state index contributed by atoms with van der Waals surface area (Å²) < 4.78 is 0. The highest BCUT2D eigenvalue weighted by Crippen LogP contribution is 2.50. The average Bonchev–Trinajstić information content (AvgIpc) is 2.85. The molecule has 2 aliphatic rings. The molecular weight excluding hydrogens is 306 g/mol. The third-order valence-corrected chi connectivity index (χ3v) is 6.62. The van der Waals surface area contributed by atoms with E-state index in [9.17, 15) is 5.11 Å². The number of benzene rings is 2. The third kappa shape index (κ3) is 3.02. The van der Waals surface area contributed by atoms with E-state index in [1.165, 1.54) is 29.5 Å². The van der Waals surface area contributed by atoms with Gasteiger partial charge in [-0.05, 0) is 57.2 Å². The number of fused-ring (bicyclic) bond motifs is 2. The van der Waals surface area contributed by atoms with Crippen molar-refractivity contribution in [2.75, 3.05) is 7.05 Å². The Morgan fingerprint density at radius 3 is 2.16 bits per heavy atom. The molecule has 0 saturated carbocycles. The van der Waals surface area contributed by atoms with E-state index >= 15 is 0 Å². The molecule has 25 heavy (non-hydrogen) atoms. The van der Waals surface area contributed by atoms with Crippen molar-refractivity contribution in [2.24, 2.45) is 5.92 Å². The first-order valence-corrected chi connectivity index (χ1v) is 9.57. The minimum absolute atomic E-state index is 0.258. The van der Waals surface area contributed by atoms with E-state index in [-0.39, 0.29) is 5.92 Å². The summed E-state index contributed by atoms with van der Waals surface area (Å²) in [6.45, 7) is 4.24. The highest BCUT2D eigenvalue weighted by molar-refractivity contribution is 5.30. The zero-order valence-electron chi connectivity index (χ0n) is 15.5. The lowest BCUT2D eigenvalue weighted by Gasteiger charge is -2.45. The van der Waals surface area contributed by atoms with Crippen LogP contribution in [0.25, 0.3) is 0 Å². The van der Waals surface area contributed by atoms with Crippen molar-refractivity contribution in [3.63, 3.8) is 0 Å². The molecule has 0 spiro atoms. The van der Waals surface area contributed by atoms with Crippen LogP contribution in [0, 0.1) is 19.8 Å². The van der Waals surface area contributed by atoms with Crippen molar-refractivity contribution in [1.82, 2.24) is 4.90 Å². The maximum atomic E-state index is 11.3. The summed E-state index contributed by atoms with van der Waals surface area (Å²) in [5.41, 5.74) is 5.00. The van der Waals surface area contributed by atoms with Gasteiger partial charge in [-0.25, -0.2) is 0 Å². The minimum Gasteiger partial charge on any atom is -0.388 e. The molecule has 2 aromatic rings. The number of piperidine rings is 1. The fourth-order valence-corrected chi connectivity index (χ4v) is 5.10. The van der Waals surface area contributed by atoms with Crippen LogP contribution < -0.4 is 0 Å². The molecule has 0 radical (unpaired) electrons. The molecule has 1 N–H and O–H groups in total.